The summed E-state index contributed by atoms with van der Waals surface area (Å²) in [5.41, 5.74) is 0. The van der Waals surface area contributed by atoms with E-state index in [1.165, 1.54) is 4.31 Å². The lowest BCUT2D eigenvalue weighted by Gasteiger charge is -2.17. The minimum atomic E-state index is -3.44. The van der Waals surface area contributed by atoms with Gasteiger partial charge in [-0.05, 0) is 50.5 Å². The van der Waals surface area contributed by atoms with Crippen LogP contribution in [-0.4, -0.2) is 44.6 Å². The Balaban J connectivity index is 2.66. The summed E-state index contributed by atoms with van der Waals surface area (Å²) in [6, 6.07) is 6.45. The summed E-state index contributed by atoms with van der Waals surface area (Å²) in [7, 11) is -1.87. The highest BCUT2D eigenvalue weighted by molar-refractivity contribution is 7.89. The lowest BCUT2D eigenvalue weighted by molar-refractivity contribution is 0.281. The summed E-state index contributed by atoms with van der Waals surface area (Å²) in [5, 5.41) is 8.70. The van der Waals surface area contributed by atoms with E-state index >= 15 is 0 Å². The molecular formula is C14H23NO4S. The highest BCUT2D eigenvalue weighted by Gasteiger charge is 2.20. The molecule has 1 rings (SSSR count). The molecule has 20 heavy (non-hydrogen) atoms. The first-order valence-corrected chi connectivity index (χ1v) is 8.26. The number of aliphatic hydroxyl groups excluding tert-OH is 1. The molecule has 0 aliphatic heterocycles. The van der Waals surface area contributed by atoms with Gasteiger partial charge in [-0.1, -0.05) is 0 Å². The van der Waals surface area contributed by atoms with E-state index in [1.54, 1.807) is 31.3 Å². The van der Waals surface area contributed by atoms with Crippen LogP contribution in [0.4, 0.5) is 0 Å². The van der Waals surface area contributed by atoms with E-state index in [2.05, 4.69) is 0 Å². The van der Waals surface area contributed by atoms with Crippen LogP contribution in [0.15, 0.2) is 29.2 Å². The minimum absolute atomic E-state index is 0.148. The molecule has 1 aromatic rings. The minimum Gasteiger partial charge on any atom is -0.494 e. The molecule has 6 heteroatoms. The summed E-state index contributed by atoms with van der Waals surface area (Å²) in [5.74, 6) is 0.664. The molecule has 0 fully saturated rings. The van der Waals surface area contributed by atoms with Crippen molar-refractivity contribution in [3.8, 4) is 5.75 Å². The van der Waals surface area contributed by atoms with Crippen LogP contribution in [0.5, 0.6) is 5.75 Å². The molecule has 0 unspecified atom stereocenters. The highest BCUT2D eigenvalue weighted by Crippen LogP contribution is 2.19. The van der Waals surface area contributed by atoms with Gasteiger partial charge in [-0.15, -0.1) is 0 Å². The fraction of sp³-hybridized carbons (Fsp3) is 0.571. The summed E-state index contributed by atoms with van der Waals surface area (Å²) in [6.45, 7) is 3.03. The fourth-order valence-corrected chi connectivity index (χ4v) is 3.01. The first-order chi connectivity index (χ1) is 9.52. The first-order valence-electron chi connectivity index (χ1n) is 6.82. The molecule has 1 aromatic carbocycles. The molecule has 5 nitrogen and oxygen atoms in total. The van der Waals surface area contributed by atoms with Crippen LogP contribution in [0.25, 0.3) is 0 Å². The second kappa shape index (κ2) is 8.24. The van der Waals surface area contributed by atoms with Crippen LogP contribution in [0.1, 0.15) is 26.2 Å². The van der Waals surface area contributed by atoms with Gasteiger partial charge in [0.1, 0.15) is 5.75 Å². The molecule has 0 bridgehead atoms. The van der Waals surface area contributed by atoms with Crippen molar-refractivity contribution >= 4 is 10.0 Å². The van der Waals surface area contributed by atoms with Crippen LogP contribution >= 0.6 is 0 Å². The Morgan fingerprint density at radius 1 is 1.15 bits per heavy atom. The average molecular weight is 301 g/mol. The lowest BCUT2D eigenvalue weighted by Crippen LogP contribution is -2.28. The highest BCUT2D eigenvalue weighted by atomic mass is 32.2. The third kappa shape index (κ3) is 4.77. The maximum absolute atomic E-state index is 12.3. The molecule has 0 atom stereocenters. The Kier molecular flexibility index (Phi) is 6.98. The van der Waals surface area contributed by atoms with Gasteiger partial charge in [-0.25, -0.2) is 12.7 Å². The van der Waals surface area contributed by atoms with Crippen molar-refractivity contribution in [2.24, 2.45) is 0 Å². The summed E-state index contributed by atoms with van der Waals surface area (Å²) in [4.78, 5) is 0.269. The quantitative estimate of drug-likeness (QED) is 0.707. The molecule has 0 spiro atoms. The van der Waals surface area contributed by atoms with Gasteiger partial charge < -0.3 is 9.84 Å². The topological polar surface area (TPSA) is 66.8 Å². The molecular weight excluding hydrogens is 278 g/mol. The number of ether oxygens (including phenoxy) is 1. The van der Waals surface area contributed by atoms with Gasteiger partial charge in [-0.3, -0.25) is 0 Å². The van der Waals surface area contributed by atoms with Gasteiger partial charge >= 0.3 is 0 Å². The molecule has 1 N–H and O–H groups in total. The largest absolute Gasteiger partial charge is 0.494 e. The normalized spacial score (nSPS) is 11.8. The first kappa shape index (κ1) is 16.9. The number of rotatable bonds is 9. The van der Waals surface area contributed by atoms with Gasteiger partial charge in [0.2, 0.25) is 10.0 Å². The second-order valence-electron chi connectivity index (χ2n) is 4.52. The van der Waals surface area contributed by atoms with Crippen LogP contribution in [0.2, 0.25) is 0 Å². The van der Waals surface area contributed by atoms with Crippen molar-refractivity contribution in [3.63, 3.8) is 0 Å². The smallest absolute Gasteiger partial charge is 0.242 e. The Labute approximate surface area is 121 Å². The molecule has 0 amide bonds. The third-order valence-corrected chi connectivity index (χ3v) is 4.85. The van der Waals surface area contributed by atoms with E-state index < -0.39 is 10.0 Å². The SMILES string of the molecule is CCOc1ccc(S(=O)(=O)N(C)CCCCCO)cc1. The van der Waals surface area contributed by atoms with Crippen LogP contribution in [-0.2, 0) is 10.0 Å². The number of nitrogens with zero attached hydrogens (tertiary/aromatic N) is 1. The average Bonchev–Trinajstić information content (AvgIpc) is 2.44. The lowest BCUT2D eigenvalue weighted by atomic mass is 10.2. The molecule has 0 radical (unpaired) electrons. The maximum Gasteiger partial charge on any atom is 0.242 e. The Morgan fingerprint density at radius 3 is 2.35 bits per heavy atom. The van der Waals surface area contributed by atoms with E-state index in [1.807, 2.05) is 6.92 Å². The van der Waals surface area contributed by atoms with Gasteiger partial charge in [-0.2, -0.15) is 0 Å². The van der Waals surface area contributed by atoms with Crippen molar-refractivity contribution in [1.29, 1.82) is 0 Å². The second-order valence-corrected chi connectivity index (χ2v) is 6.56. The zero-order chi connectivity index (χ0) is 15.0. The number of benzene rings is 1. The Hall–Kier alpha value is -1.11. The molecule has 0 aliphatic carbocycles. The standard InChI is InChI=1S/C14H23NO4S/c1-3-19-13-7-9-14(10-8-13)20(17,18)15(2)11-5-4-6-12-16/h7-10,16H,3-6,11-12H2,1-2H3. The van der Waals surface area contributed by atoms with Crippen LogP contribution in [0.3, 0.4) is 0 Å². The van der Waals surface area contributed by atoms with Crippen molar-refractivity contribution in [2.45, 2.75) is 31.1 Å². The van der Waals surface area contributed by atoms with Crippen molar-refractivity contribution in [2.75, 3.05) is 26.8 Å². The van der Waals surface area contributed by atoms with E-state index in [4.69, 9.17) is 9.84 Å². The van der Waals surface area contributed by atoms with Crippen molar-refractivity contribution in [1.82, 2.24) is 4.31 Å². The van der Waals surface area contributed by atoms with Crippen LogP contribution < -0.4 is 4.74 Å². The molecule has 114 valence electrons. The molecule has 0 heterocycles. The fourth-order valence-electron chi connectivity index (χ4n) is 1.80. The molecule has 0 aromatic heterocycles. The number of hydrogen-bond donors (Lipinski definition) is 1. The predicted molar refractivity (Wildman–Crippen MR) is 78.4 cm³/mol. The number of sulfonamides is 1. The Morgan fingerprint density at radius 2 is 1.80 bits per heavy atom. The van der Waals surface area contributed by atoms with Crippen molar-refractivity contribution in [3.05, 3.63) is 24.3 Å². The number of aliphatic hydroxyl groups is 1. The van der Waals surface area contributed by atoms with Crippen LogP contribution in [0, 0.1) is 0 Å². The van der Waals surface area contributed by atoms with E-state index in [0.29, 0.717) is 25.3 Å². The zero-order valence-electron chi connectivity index (χ0n) is 12.1. The summed E-state index contributed by atoms with van der Waals surface area (Å²) in [6.07, 6.45) is 2.27. The number of unbranched alkanes of at least 4 members (excludes halogenated alkanes) is 2. The maximum atomic E-state index is 12.3. The summed E-state index contributed by atoms with van der Waals surface area (Å²) < 4.78 is 31.2. The predicted octanol–water partition coefficient (Wildman–Crippen LogP) is 1.87. The van der Waals surface area contributed by atoms with Gasteiger partial charge in [0, 0.05) is 20.2 Å². The molecule has 0 aliphatic rings. The molecule has 0 saturated carbocycles. The van der Waals surface area contributed by atoms with E-state index in [-0.39, 0.29) is 11.5 Å². The van der Waals surface area contributed by atoms with Gasteiger partial charge in [0.25, 0.3) is 0 Å². The molecule has 0 saturated heterocycles. The van der Waals surface area contributed by atoms with Crippen molar-refractivity contribution < 1.29 is 18.3 Å². The van der Waals surface area contributed by atoms with E-state index in [0.717, 1.165) is 12.8 Å². The monoisotopic (exact) mass is 301 g/mol. The Bertz CT molecular complexity index is 484. The number of hydrogen-bond acceptors (Lipinski definition) is 4. The van der Waals surface area contributed by atoms with Gasteiger partial charge in [0.15, 0.2) is 0 Å². The van der Waals surface area contributed by atoms with Gasteiger partial charge in [0.05, 0.1) is 11.5 Å². The van der Waals surface area contributed by atoms with E-state index in [9.17, 15) is 8.42 Å². The zero-order valence-corrected chi connectivity index (χ0v) is 12.9. The summed E-state index contributed by atoms with van der Waals surface area (Å²) >= 11 is 0. The third-order valence-electron chi connectivity index (χ3n) is 2.97.